The predicted molar refractivity (Wildman–Crippen MR) is 50.7 cm³/mol. The van der Waals surface area contributed by atoms with E-state index in [0.717, 1.165) is 0 Å². The van der Waals surface area contributed by atoms with Gasteiger partial charge < -0.3 is 21.1 Å². The Bertz CT molecular complexity index is 366. The lowest BCUT2D eigenvalue weighted by Crippen LogP contribution is -2.43. The van der Waals surface area contributed by atoms with Crippen molar-refractivity contribution in [1.29, 1.82) is 0 Å². The fourth-order valence-electron chi connectivity index (χ4n) is 0.859. The second-order valence-corrected chi connectivity index (χ2v) is 3.20. The van der Waals surface area contributed by atoms with Crippen molar-refractivity contribution in [2.75, 3.05) is 6.54 Å². The molecule has 0 aromatic rings. The zero-order chi connectivity index (χ0) is 14.3. The average molecular weight is 265 g/mol. The molecule has 0 radical (unpaired) electrons. The van der Waals surface area contributed by atoms with Gasteiger partial charge in [-0.1, -0.05) is 0 Å². The Balaban J connectivity index is 4.50. The van der Waals surface area contributed by atoms with Crippen LogP contribution in [0.5, 0.6) is 0 Å². The van der Waals surface area contributed by atoms with E-state index in [1.807, 2.05) is 0 Å². The molecule has 0 amide bonds. The third kappa shape index (κ3) is 5.23. The van der Waals surface area contributed by atoms with Crippen LogP contribution < -0.4 is 5.73 Å². The second-order valence-electron chi connectivity index (χ2n) is 3.20. The minimum absolute atomic E-state index is 0.578. The smallest absolute Gasteiger partial charge is 0.368 e. The fourth-order valence-corrected chi connectivity index (χ4v) is 0.859. The molecule has 0 spiro atoms. The van der Waals surface area contributed by atoms with Gasteiger partial charge in [-0.3, -0.25) is 4.79 Å². The molecule has 0 aromatic carbocycles. The number of carboxylic acid groups (broad SMARTS) is 2. The fraction of sp³-hybridized carbons (Fsp3) is 0.500. The SMILES string of the molecule is NCC(=O)OOC(=O)CC(O)(CC(=O)O)C(=O)O. The molecule has 10 nitrogen and oxygen atoms in total. The van der Waals surface area contributed by atoms with Crippen LogP contribution >= 0.6 is 0 Å². The van der Waals surface area contributed by atoms with Crippen LogP contribution in [0, 0.1) is 0 Å². The Labute approximate surface area is 99.8 Å². The van der Waals surface area contributed by atoms with E-state index in [1.165, 1.54) is 0 Å². The van der Waals surface area contributed by atoms with E-state index in [1.54, 1.807) is 0 Å². The van der Waals surface area contributed by atoms with Crippen LogP contribution in [-0.4, -0.2) is 51.3 Å². The maximum absolute atomic E-state index is 11.0. The summed E-state index contributed by atoms with van der Waals surface area (Å²) in [7, 11) is 0. The Hall–Kier alpha value is -2.20. The molecule has 10 heteroatoms. The first-order chi connectivity index (χ1) is 8.21. The minimum atomic E-state index is -2.85. The maximum atomic E-state index is 11.0. The first-order valence-corrected chi connectivity index (χ1v) is 4.49. The van der Waals surface area contributed by atoms with Crippen molar-refractivity contribution in [2.24, 2.45) is 5.73 Å². The van der Waals surface area contributed by atoms with Gasteiger partial charge in [0.25, 0.3) is 0 Å². The van der Waals surface area contributed by atoms with Gasteiger partial charge in [-0.15, -0.1) is 0 Å². The van der Waals surface area contributed by atoms with E-state index in [2.05, 4.69) is 9.78 Å². The molecule has 0 aliphatic rings. The molecule has 0 aromatic heterocycles. The highest BCUT2D eigenvalue weighted by atomic mass is 17.2. The van der Waals surface area contributed by atoms with Crippen LogP contribution in [0.15, 0.2) is 0 Å². The van der Waals surface area contributed by atoms with Gasteiger partial charge in [-0.05, 0) is 0 Å². The van der Waals surface area contributed by atoms with Crippen LogP contribution in [0.4, 0.5) is 0 Å². The Kier molecular flexibility index (Phi) is 5.72. The molecule has 102 valence electrons. The third-order valence-electron chi connectivity index (χ3n) is 1.67. The first kappa shape index (κ1) is 15.8. The summed E-state index contributed by atoms with van der Waals surface area (Å²) in [6.45, 7) is -0.578. The molecule has 0 aliphatic heterocycles. The molecule has 18 heavy (non-hydrogen) atoms. The number of aliphatic carboxylic acids is 2. The monoisotopic (exact) mass is 265 g/mol. The quantitative estimate of drug-likeness (QED) is 0.300. The van der Waals surface area contributed by atoms with Crippen molar-refractivity contribution in [3.05, 3.63) is 0 Å². The summed E-state index contributed by atoms with van der Waals surface area (Å²) in [4.78, 5) is 50.1. The highest BCUT2D eigenvalue weighted by Gasteiger charge is 2.42. The molecule has 1 atom stereocenters. The standard InChI is InChI=1S/C8H11NO9/c9-3-6(13)18-17-5(12)2-8(16,7(14)15)1-4(10)11/h16H,1-3,9H2,(H,10,11)(H,14,15). The van der Waals surface area contributed by atoms with E-state index in [-0.39, 0.29) is 0 Å². The molecule has 0 saturated carbocycles. The van der Waals surface area contributed by atoms with E-state index in [9.17, 15) is 24.3 Å². The van der Waals surface area contributed by atoms with Crippen LogP contribution in [-0.2, 0) is 29.0 Å². The van der Waals surface area contributed by atoms with E-state index in [0.29, 0.717) is 0 Å². The number of rotatable bonds is 6. The lowest BCUT2D eigenvalue weighted by atomic mass is 9.96. The molecule has 0 fully saturated rings. The normalized spacial score (nSPS) is 13.2. The van der Waals surface area contributed by atoms with Gasteiger partial charge in [-0.25, -0.2) is 24.2 Å². The zero-order valence-electron chi connectivity index (χ0n) is 8.99. The minimum Gasteiger partial charge on any atom is -0.481 e. The van der Waals surface area contributed by atoms with Gasteiger partial charge >= 0.3 is 23.9 Å². The molecular formula is C8H11NO9. The van der Waals surface area contributed by atoms with Crippen molar-refractivity contribution >= 4 is 23.9 Å². The summed E-state index contributed by atoms with van der Waals surface area (Å²) in [6.07, 6.45) is -2.42. The van der Waals surface area contributed by atoms with Crippen LogP contribution in [0.3, 0.4) is 0 Å². The second kappa shape index (κ2) is 6.51. The van der Waals surface area contributed by atoms with E-state index in [4.69, 9.17) is 15.9 Å². The summed E-state index contributed by atoms with van der Waals surface area (Å²) >= 11 is 0. The number of nitrogens with two attached hydrogens (primary N) is 1. The van der Waals surface area contributed by atoms with Gasteiger partial charge in [0.1, 0.15) is 0 Å². The van der Waals surface area contributed by atoms with Crippen molar-refractivity contribution < 1.29 is 44.3 Å². The molecule has 0 rings (SSSR count). The molecule has 5 N–H and O–H groups in total. The summed E-state index contributed by atoms with van der Waals surface area (Å²) in [5.74, 6) is -6.08. The largest absolute Gasteiger partial charge is 0.481 e. The van der Waals surface area contributed by atoms with Crippen molar-refractivity contribution in [2.45, 2.75) is 18.4 Å². The van der Waals surface area contributed by atoms with Crippen molar-refractivity contribution in [3.63, 3.8) is 0 Å². The molecule has 0 saturated heterocycles. The van der Waals surface area contributed by atoms with Gasteiger partial charge in [0.05, 0.1) is 19.4 Å². The first-order valence-electron chi connectivity index (χ1n) is 4.49. The summed E-state index contributed by atoms with van der Waals surface area (Å²) in [5, 5.41) is 26.4. The van der Waals surface area contributed by atoms with Gasteiger partial charge in [-0.2, -0.15) is 0 Å². The Morgan fingerprint density at radius 1 is 1.00 bits per heavy atom. The molecular weight excluding hydrogens is 254 g/mol. The number of carboxylic acids is 2. The lowest BCUT2D eigenvalue weighted by Gasteiger charge is -2.19. The van der Waals surface area contributed by atoms with E-state index < -0.39 is 48.9 Å². The summed E-state index contributed by atoms with van der Waals surface area (Å²) < 4.78 is 0. The predicted octanol–water partition coefficient (Wildman–Crippen LogP) is -2.37. The number of carbonyl (C=O) groups excluding carboxylic acids is 2. The van der Waals surface area contributed by atoms with Crippen LogP contribution in [0.2, 0.25) is 0 Å². The Morgan fingerprint density at radius 3 is 1.89 bits per heavy atom. The van der Waals surface area contributed by atoms with Crippen LogP contribution in [0.1, 0.15) is 12.8 Å². The topological polar surface area (TPSA) is 173 Å². The van der Waals surface area contributed by atoms with Gasteiger partial charge in [0, 0.05) is 0 Å². The van der Waals surface area contributed by atoms with E-state index >= 15 is 0 Å². The average Bonchev–Trinajstić information content (AvgIpc) is 2.24. The molecule has 0 aliphatic carbocycles. The van der Waals surface area contributed by atoms with Gasteiger partial charge in [0.2, 0.25) is 0 Å². The van der Waals surface area contributed by atoms with Crippen molar-refractivity contribution in [3.8, 4) is 0 Å². The number of aliphatic hydroxyl groups is 1. The zero-order valence-corrected chi connectivity index (χ0v) is 8.99. The summed E-state index contributed by atoms with van der Waals surface area (Å²) in [5.41, 5.74) is 1.96. The highest BCUT2D eigenvalue weighted by Crippen LogP contribution is 2.17. The van der Waals surface area contributed by atoms with Crippen molar-refractivity contribution in [1.82, 2.24) is 0 Å². The molecule has 0 heterocycles. The van der Waals surface area contributed by atoms with Crippen LogP contribution in [0.25, 0.3) is 0 Å². The summed E-state index contributed by atoms with van der Waals surface area (Å²) in [6, 6.07) is 0. The molecule has 0 bridgehead atoms. The Morgan fingerprint density at radius 2 is 1.50 bits per heavy atom. The number of hydrogen-bond donors (Lipinski definition) is 4. The highest BCUT2D eigenvalue weighted by molar-refractivity contribution is 5.88. The third-order valence-corrected chi connectivity index (χ3v) is 1.67. The van der Waals surface area contributed by atoms with Gasteiger partial charge in [0.15, 0.2) is 5.60 Å². The number of hydrogen-bond acceptors (Lipinski definition) is 8. The number of carbonyl (C=O) groups is 4. The molecule has 1 unspecified atom stereocenters. The lowest BCUT2D eigenvalue weighted by molar-refractivity contribution is -0.260. The maximum Gasteiger partial charge on any atom is 0.368 e.